The van der Waals surface area contributed by atoms with Crippen LogP contribution < -0.4 is 0 Å². The van der Waals surface area contributed by atoms with Crippen molar-refractivity contribution in [1.82, 2.24) is 14.5 Å². The highest BCUT2D eigenvalue weighted by atomic mass is 16.5. The highest BCUT2D eigenvalue weighted by molar-refractivity contribution is 5.92. The number of imidazole rings is 1. The molecule has 2 aliphatic rings. The molecule has 1 spiro atoms. The van der Waals surface area contributed by atoms with Crippen LogP contribution in [0.2, 0.25) is 0 Å². The second kappa shape index (κ2) is 8.50. The van der Waals surface area contributed by atoms with Crippen molar-refractivity contribution in [2.24, 2.45) is 7.05 Å². The molecule has 1 aromatic rings. The summed E-state index contributed by atoms with van der Waals surface area (Å²) in [5, 5.41) is 0. The van der Waals surface area contributed by atoms with Gasteiger partial charge in [0.1, 0.15) is 5.69 Å². The van der Waals surface area contributed by atoms with Crippen LogP contribution in [-0.2, 0) is 21.3 Å². The molecule has 0 aliphatic carbocycles. The van der Waals surface area contributed by atoms with Crippen LogP contribution in [0.4, 0.5) is 0 Å². The molecular formula is C19H31N3O4. The molecule has 0 N–H and O–H groups in total. The third kappa shape index (κ3) is 4.84. The fraction of sp³-hybridized carbons (Fsp3) is 0.789. The van der Waals surface area contributed by atoms with Crippen molar-refractivity contribution in [2.45, 2.75) is 57.3 Å². The Kier molecular flexibility index (Phi) is 6.32. The van der Waals surface area contributed by atoms with Gasteiger partial charge in [0.05, 0.1) is 37.4 Å². The summed E-state index contributed by atoms with van der Waals surface area (Å²) in [7, 11) is 1.87. The Morgan fingerprint density at radius 1 is 1.38 bits per heavy atom. The molecule has 1 atom stereocenters. The van der Waals surface area contributed by atoms with Gasteiger partial charge < -0.3 is 23.7 Å². The standard InChI is InChI=1S/C19H31N3O4/c1-15(2)24-10-11-25-16-4-9-26-19(12-16)5-7-22(8-6-19)18(23)17-13-21(3)14-20-17/h13-16H,4-12H2,1-3H3. The smallest absolute Gasteiger partial charge is 0.274 e. The van der Waals surface area contributed by atoms with E-state index in [1.807, 2.05) is 25.8 Å². The maximum atomic E-state index is 12.5. The third-order valence-corrected chi connectivity index (χ3v) is 5.22. The van der Waals surface area contributed by atoms with E-state index in [1.165, 1.54) is 0 Å². The molecule has 2 fully saturated rings. The number of rotatable bonds is 6. The van der Waals surface area contributed by atoms with Crippen molar-refractivity contribution >= 4 is 5.91 Å². The van der Waals surface area contributed by atoms with E-state index >= 15 is 0 Å². The summed E-state index contributed by atoms with van der Waals surface area (Å²) >= 11 is 0. The van der Waals surface area contributed by atoms with Crippen LogP contribution >= 0.6 is 0 Å². The molecule has 3 heterocycles. The summed E-state index contributed by atoms with van der Waals surface area (Å²) in [5.74, 6) is 0.00916. The van der Waals surface area contributed by atoms with Gasteiger partial charge in [0.2, 0.25) is 0 Å². The molecule has 7 heteroatoms. The number of hydrogen-bond acceptors (Lipinski definition) is 5. The van der Waals surface area contributed by atoms with Gasteiger partial charge in [-0.3, -0.25) is 4.79 Å². The molecule has 2 saturated heterocycles. The Morgan fingerprint density at radius 2 is 2.15 bits per heavy atom. The van der Waals surface area contributed by atoms with Crippen molar-refractivity contribution in [3.05, 3.63) is 18.2 Å². The van der Waals surface area contributed by atoms with E-state index in [-0.39, 0.29) is 23.7 Å². The second-order valence-electron chi connectivity index (χ2n) is 7.65. The number of ether oxygens (including phenoxy) is 3. The first-order chi connectivity index (χ1) is 12.5. The Morgan fingerprint density at radius 3 is 2.81 bits per heavy atom. The molecule has 0 radical (unpaired) electrons. The molecule has 146 valence electrons. The Balaban J connectivity index is 1.47. The largest absolute Gasteiger partial charge is 0.376 e. The van der Waals surface area contributed by atoms with Crippen molar-refractivity contribution in [2.75, 3.05) is 32.9 Å². The molecule has 1 aromatic heterocycles. The van der Waals surface area contributed by atoms with Crippen molar-refractivity contribution in [3.63, 3.8) is 0 Å². The minimum absolute atomic E-state index is 0.00916. The average molecular weight is 365 g/mol. The molecule has 0 saturated carbocycles. The zero-order valence-electron chi connectivity index (χ0n) is 16.1. The topological polar surface area (TPSA) is 65.8 Å². The number of aromatic nitrogens is 2. The third-order valence-electron chi connectivity index (χ3n) is 5.22. The van der Waals surface area contributed by atoms with Gasteiger partial charge in [-0.25, -0.2) is 4.98 Å². The Labute approximate surface area is 155 Å². The summed E-state index contributed by atoms with van der Waals surface area (Å²) < 4.78 is 19.5. The summed E-state index contributed by atoms with van der Waals surface area (Å²) in [6.07, 6.45) is 7.43. The predicted molar refractivity (Wildman–Crippen MR) is 97.1 cm³/mol. The van der Waals surface area contributed by atoms with Crippen LogP contribution in [0.5, 0.6) is 0 Å². The van der Waals surface area contributed by atoms with E-state index in [4.69, 9.17) is 14.2 Å². The number of aryl methyl sites for hydroxylation is 1. The van der Waals surface area contributed by atoms with Gasteiger partial charge in [-0.05, 0) is 33.1 Å². The van der Waals surface area contributed by atoms with Gasteiger partial charge in [-0.2, -0.15) is 0 Å². The van der Waals surface area contributed by atoms with Crippen LogP contribution in [0.3, 0.4) is 0 Å². The van der Waals surface area contributed by atoms with Gasteiger partial charge >= 0.3 is 0 Å². The molecule has 0 aromatic carbocycles. The van der Waals surface area contributed by atoms with E-state index in [2.05, 4.69) is 4.98 Å². The van der Waals surface area contributed by atoms with Crippen molar-refractivity contribution in [1.29, 1.82) is 0 Å². The summed E-state index contributed by atoms with van der Waals surface area (Å²) in [6, 6.07) is 0. The number of likely N-dealkylation sites (tertiary alicyclic amines) is 1. The number of carbonyl (C=O) groups is 1. The Hall–Kier alpha value is -1.44. The number of carbonyl (C=O) groups excluding carboxylic acids is 1. The Bertz CT molecular complexity index is 593. The number of nitrogens with zero attached hydrogens (tertiary/aromatic N) is 3. The molecular weight excluding hydrogens is 334 g/mol. The highest BCUT2D eigenvalue weighted by Gasteiger charge is 2.41. The normalized spacial score (nSPS) is 22.9. The maximum absolute atomic E-state index is 12.5. The van der Waals surface area contributed by atoms with Crippen molar-refractivity contribution < 1.29 is 19.0 Å². The second-order valence-corrected chi connectivity index (χ2v) is 7.65. The zero-order chi connectivity index (χ0) is 18.6. The minimum Gasteiger partial charge on any atom is -0.376 e. The van der Waals surface area contributed by atoms with Gasteiger partial charge in [0, 0.05) is 39.4 Å². The van der Waals surface area contributed by atoms with Crippen LogP contribution in [0.15, 0.2) is 12.5 Å². The first kappa shape index (κ1) is 19.3. The fourth-order valence-corrected chi connectivity index (χ4v) is 3.77. The van der Waals surface area contributed by atoms with Crippen LogP contribution in [-0.4, -0.2) is 71.1 Å². The van der Waals surface area contributed by atoms with Gasteiger partial charge in [0.15, 0.2) is 0 Å². The molecule has 0 bridgehead atoms. The molecule has 2 aliphatic heterocycles. The molecule has 1 unspecified atom stereocenters. The van der Waals surface area contributed by atoms with E-state index in [0.29, 0.717) is 32.0 Å². The number of hydrogen-bond donors (Lipinski definition) is 0. The molecule has 7 nitrogen and oxygen atoms in total. The van der Waals surface area contributed by atoms with E-state index in [9.17, 15) is 4.79 Å². The van der Waals surface area contributed by atoms with E-state index in [0.717, 1.165) is 32.3 Å². The minimum atomic E-state index is -0.150. The van der Waals surface area contributed by atoms with Gasteiger partial charge in [0.25, 0.3) is 5.91 Å². The summed E-state index contributed by atoms with van der Waals surface area (Å²) in [6.45, 7) is 7.46. The fourth-order valence-electron chi connectivity index (χ4n) is 3.77. The lowest BCUT2D eigenvalue weighted by Gasteiger charge is -2.46. The van der Waals surface area contributed by atoms with Gasteiger partial charge in [-0.1, -0.05) is 0 Å². The number of piperidine rings is 1. The quantitative estimate of drug-likeness (QED) is 0.722. The zero-order valence-corrected chi connectivity index (χ0v) is 16.1. The summed E-state index contributed by atoms with van der Waals surface area (Å²) in [4.78, 5) is 18.6. The molecule has 3 rings (SSSR count). The van der Waals surface area contributed by atoms with Crippen molar-refractivity contribution in [3.8, 4) is 0 Å². The SMILES string of the molecule is CC(C)OCCOC1CCOC2(CCN(C(=O)c3cn(C)cn3)CC2)C1. The lowest BCUT2D eigenvalue weighted by atomic mass is 9.83. The lowest BCUT2D eigenvalue weighted by molar-refractivity contribution is -0.156. The predicted octanol–water partition coefficient (Wildman–Crippen LogP) is 2.02. The monoisotopic (exact) mass is 365 g/mol. The molecule has 1 amide bonds. The van der Waals surface area contributed by atoms with E-state index < -0.39 is 0 Å². The van der Waals surface area contributed by atoms with Crippen LogP contribution in [0.25, 0.3) is 0 Å². The van der Waals surface area contributed by atoms with Crippen LogP contribution in [0, 0.1) is 0 Å². The van der Waals surface area contributed by atoms with Crippen LogP contribution in [0.1, 0.15) is 50.0 Å². The maximum Gasteiger partial charge on any atom is 0.274 e. The first-order valence-corrected chi connectivity index (χ1v) is 9.62. The number of amides is 1. The van der Waals surface area contributed by atoms with Gasteiger partial charge in [-0.15, -0.1) is 0 Å². The summed E-state index contributed by atoms with van der Waals surface area (Å²) in [5.41, 5.74) is 0.363. The first-order valence-electron chi connectivity index (χ1n) is 9.62. The van der Waals surface area contributed by atoms with E-state index in [1.54, 1.807) is 17.1 Å². The average Bonchev–Trinajstić information content (AvgIpc) is 3.05. The lowest BCUT2D eigenvalue weighted by Crippen LogP contribution is -2.52. The highest BCUT2D eigenvalue weighted by Crippen LogP contribution is 2.36. The molecule has 26 heavy (non-hydrogen) atoms.